The second-order valence-corrected chi connectivity index (χ2v) is 19.3. The van der Waals surface area contributed by atoms with Crippen molar-refractivity contribution in [2.75, 3.05) is 32.7 Å². The first-order chi connectivity index (χ1) is 29.0. The summed E-state index contributed by atoms with van der Waals surface area (Å²) in [6.45, 7) is 7.18. The molecule has 4 N–H and O–H groups in total. The van der Waals surface area contributed by atoms with Crippen molar-refractivity contribution in [2.45, 2.75) is 102 Å². The van der Waals surface area contributed by atoms with Gasteiger partial charge in [0.25, 0.3) is 0 Å². The number of sulfonamides is 1. The van der Waals surface area contributed by atoms with E-state index in [0.717, 1.165) is 4.31 Å². The van der Waals surface area contributed by atoms with Crippen LogP contribution in [0.5, 0.6) is 5.75 Å². The number of rotatable bonds is 22. The van der Waals surface area contributed by atoms with Gasteiger partial charge in [0, 0.05) is 13.1 Å². The number of halogens is 3. The second-order valence-electron chi connectivity index (χ2n) is 15.7. The Kier molecular flexibility index (Phi) is 17.9. The maximum atomic E-state index is 14.1. The Morgan fingerprint density at radius 3 is 2.23 bits per heavy atom. The van der Waals surface area contributed by atoms with E-state index in [1.807, 2.05) is 0 Å². The molecular formula is C39H53F3N3O15PS. The first kappa shape index (κ1) is 50.5. The van der Waals surface area contributed by atoms with Crippen LogP contribution >= 0.6 is 7.60 Å². The van der Waals surface area contributed by atoms with Gasteiger partial charge in [-0.2, -0.15) is 17.5 Å². The summed E-state index contributed by atoms with van der Waals surface area (Å²) >= 11 is 0. The van der Waals surface area contributed by atoms with Crippen molar-refractivity contribution in [2.24, 2.45) is 17.8 Å². The quantitative estimate of drug-likeness (QED) is 0.0749. The van der Waals surface area contributed by atoms with E-state index in [1.54, 1.807) is 31.3 Å². The number of fused-ring (bicyclic) bond motifs is 1. The lowest BCUT2D eigenvalue weighted by atomic mass is 10.0. The van der Waals surface area contributed by atoms with Crippen LogP contribution in [0, 0.1) is 17.8 Å². The number of aliphatic hydroxyl groups is 1. The van der Waals surface area contributed by atoms with E-state index in [4.69, 9.17) is 28.2 Å². The molecule has 4 rings (SSSR count). The molecule has 2 aliphatic heterocycles. The van der Waals surface area contributed by atoms with Gasteiger partial charge in [-0.15, -0.1) is 0 Å². The molecule has 346 valence electrons. The number of carbonyl (C=O) groups excluding carboxylic acids is 4. The van der Waals surface area contributed by atoms with Crippen molar-refractivity contribution in [3.05, 3.63) is 59.7 Å². The first-order valence-corrected chi connectivity index (χ1v) is 22.9. The molecule has 0 radical (unpaired) electrons. The van der Waals surface area contributed by atoms with Gasteiger partial charge in [-0.1, -0.05) is 52.0 Å². The van der Waals surface area contributed by atoms with Crippen molar-refractivity contribution in [3.63, 3.8) is 0 Å². The molecule has 2 aromatic carbocycles. The number of nitrogens with one attached hydrogen (secondary N) is 2. The average molecular weight is 924 g/mol. The van der Waals surface area contributed by atoms with Gasteiger partial charge < -0.3 is 49.1 Å². The Labute approximate surface area is 357 Å². The molecule has 0 aliphatic carbocycles. The van der Waals surface area contributed by atoms with Gasteiger partial charge in [0.05, 0.1) is 36.2 Å². The minimum absolute atomic E-state index is 0.0497. The monoisotopic (exact) mass is 923 g/mol. The van der Waals surface area contributed by atoms with Gasteiger partial charge in [0.1, 0.15) is 36.9 Å². The molecule has 0 spiro atoms. The number of aliphatic hydroxyl groups excluding tert-OH is 1. The Morgan fingerprint density at radius 2 is 1.63 bits per heavy atom. The van der Waals surface area contributed by atoms with Crippen LogP contribution in [0.25, 0.3) is 0 Å². The molecule has 8 atom stereocenters. The Balaban J connectivity index is 1.49. The first-order valence-electron chi connectivity index (χ1n) is 19.7. The molecule has 2 amide bonds. The second kappa shape index (κ2) is 22.0. The molecule has 2 saturated heterocycles. The number of hydrogen-bond acceptors (Lipinski definition) is 14. The van der Waals surface area contributed by atoms with Gasteiger partial charge >= 0.3 is 31.7 Å². The number of nitrogens with zero attached hydrogens (tertiary/aromatic N) is 1. The fraction of sp³-hybridized carbons (Fsp3) is 0.590. The predicted octanol–water partition coefficient (Wildman–Crippen LogP) is 3.67. The summed E-state index contributed by atoms with van der Waals surface area (Å²) in [5, 5.41) is 16.0. The van der Waals surface area contributed by atoms with Crippen LogP contribution in [0.3, 0.4) is 0 Å². The lowest BCUT2D eigenvalue weighted by Gasteiger charge is -2.31. The van der Waals surface area contributed by atoms with Crippen LogP contribution in [0.4, 0.5) is 18.0 Å². The molecule has 1 unspecified atom stereocenters. The standard InChI is InChI=1S/C39H53F3N3O15PS/c1-23(2)17-45(62(53,54)29-12-8-27(9-13-29)20-56-35(48)34(24(3)4)44-37(49)39(40,41)42)18-32(47)31(43-38(50)59-33-21-57-36-30(33)14-15-55-36)16-26-6-10-28(11-7-26)58-22-61(51,52)60-25(5)19-46/h6-13,19,23-25,30-34,36,47H,14-18,20-22H2,1-5H3,(H,43,50)(H,44,49)(H,51,52)/t25-,30-,31-,32+,33-,34-,36+/m0/s1. The zero-order valence-electron chi connectivity index (χ0n) is 34.7. The van der Waals surface area contributed by atoms with E-state index in [9.17, 15) is 55.3 Å². The third kappa shape index (κ3) is 14.7. The molecule has 2 fully saturated rings. The zero-order valence-corrected chi connectivity index (χ0v) is 36.4. The largest absolute Gasteiger partial charge is 0.481 e. The molecule has 2 heterocycles. The highest BCUT2D eigenvalue weighted by atomic mass is 32.2. The lowest BCUT2D eigenvalue weighted by molar-refractivity contribution is -0.176. The number of carbonyl (C=O) groups is 4. The Morgan fingerprint density at radius 1 is 0.984 bits per heavy atom. The summed E-state index contributed by atoms with van der Waals surface area (Å²) in [5.74, 6) is -4.44. The zero-order chi connectivity index (χ0) is 46.0. The van der Waals surface area contributed by atoms with Crippen molar-refractivity contribution < 1.29 is 83.5 Å². The number of amides is 2. The van der Waals surface area contributed by atoms with E-state index >= 15 is 0 Å². The smallest absolute Gasteiger partial charge is 0.471 e. The van der Waals surface area contributed by atoms with Crippen LogP contribution in [-0.4, -0.2) is 122 Å². The summed E-state index contributed by atoms with van der Waals surface area (Å²) in [7, 11) is -8.62. The predicted molar refractivity (Wildman–Crippen MR) is 212 cm³/mol. The molecule has 23 heteroatoms. The Hall–Kier alpha value is -4.15. The summed E-state index contributed by atoms with van der Waals surface area (Å²) < 4.78 is 112. The lowest BCUT2D eigenvalue weighted by Crippen LogP contribution is -2.51. The van der Waals surface area contributed by atoms with Crippen molar-refractivity contribution in [3.8, 4) is 5.75 Å². The van der Waals surface area contributed by atoms with Crippen LogP contribution < -0.4 is 15.4 Å². The highest BCUT2D eigenvalue weighted by Crippen LogP contribution is 2.43. The molecule has 18 nitrogen and oxygen atoms in total. The third-order valence-electron chi connectivity index (χ3n) is 9.67. The van der Waals surface area contributed by atoms with Crippen LogP contribution in [-0.2, 0) is 65.5 Å². The van der Waals surface area contributed by atoms with Crippen molar-refractivity contribution >= 4 is 41.9 Å². The van der Waals surface area contributed by atoms with Gasteiger partial charge in [0.2, 0.25) is 10.0 Å². The van der Waals surface area contributed by atoms with Gasteiger partial charge in [-0.3, -0.25) is 13.9 Å². The van der Waals surface area contributed by atoms with E-state index in [1.165, 1.54) is 57.2 Å². The summed E-state index contributed by atoms with van der Waals surface area (Å²) in [5.41, 5.74) is 0.816. The number of esters is 1. The van der Waals surface area contributed by atoms with Crippen LogP contribution in [0.15, 0.2) is 53.4 Å². The topological polar surface area (TPSA) is 243 Å². The molecule has 2 aliphatic rings. The molecule has 2 aromatic rings. The summed E-state index contributed by atoms with van der Waals surface area (Å²) in [6, 6.07) is 8.45. The summed E-state index contributed by atoms with van der Waals surface area (Å²) in [6.07, 6.45) is -9.74. The van der Waals surface area contributed by atoms with Crippen molar-refractivity contribution in [1.29, 1.82) is 0 Å². The van der Waals surface area contributed by atoms with E-state index in [-0.39, 0.29) is 47.6 Å². The van der Waals surface area contributed by atoms with Crippen molar-refractivity contribution in [1.82, 2.24) is 14.9 Å². The highest BCUT2D eigenvalue weighted by molar-refractivity contribution is 7.89. The number of alkyl halides is 3. The minimum atomic E-state index is -5.21. The van der Waals surface area contributed by atoms with E-state index in [0.29, 0.717) is 24.9 Å². The van der Waals surface area contributed by atoms with Gasteiger partial charge in [0.15, 0.2) is 12.6 Å². The van der Waals surface area contributed by atoms with Gasteiger partial charge in [-0.25, -0.2) is 18.0 Å². The van der Waals surface area contributed by atoms with Crippen LogP contribution in [0.1, 0.15) is 52.2 Å². The van der Waals surface area contributed by atoms with Crippen LogP contribution in [0.2, 0.25) is 0 Å². The molecule has 0 aromatic heterocycles. The molecular weight excluding hydrogens is 870 g/mol. The number of hydrogen-bond donors (Lipinski definition) is 4. The van der Waals surface area contributed by atoms with E-state index < -0.39 is 104 Å². The maximum Gasteiger partial charge on any atom is 0.471 e. The van der Waals surface area contributed by atoms with E-state index in [2.05, 4.69) is 5.32 Å². The minimum Gasteiger partial charge on any atom is -0.481 e. The third-order valence-corrected chi connectivity index (χ3v) is 12.6. The molecule has 62 heavy (non-hydrogen) atoms. The Bertz CT molecular complexity index is 1990. The number of benzene rings is 2. The molecule has 0 bridgehead atoms. The average Bonchev–Trinajstić information content (AvgIpc) is 3.82. The van der Waals surface area contributed by atoms with Gasteiger partial charge in [-0.05, 0) is 67.0 Å². The normalized spacial score (nSPS) is 20.8. The fourth-order valence-electron chi connectivity index (χ4n) is 6.49. The highest BCUT2D eigenvalue weighted by Gasteiger charge is 2.45. The number of alkyl carbamates (subject to hydrolysis) is 1. The fourth-order valence-corrected chi connectivity index (χ4v) is 9.05. The molecule has 0 saturated carbocycles. The summed E-state index contributed by atoms with van der Waals surface area (Å²) in [4.78, 5) is 58.0. The maximum absolute atomic E-state index is 14.1. The number of aldehydes is 1. The number of ether oxygens (including phenoxy) is 5. The SMILES string of the molecule is CC(C)CN(C[C@@H](O)[C@H](Cc1ccc(OCP(=O)(O)O[C@@H](C)C=O)cc1)NC(=O)O[C@H]1CO[C@H]2OCC[C@H]21)S(=O)(=O)c1ccc(COC(=O)[C@@H](NC(=O)C(F)(F)F)C(C)C)cc1.